The van der Waals surface area contributed by atoms with Crippen molar-refractivity contribution in [2.75, 3.05) is 59.5 Å². The van der Waals surface area contributed by atoms with E-state index in [1.807, 2.05) is 19.9 Å². The normalized spacial score (nSPS) is 20.5. The van der Waals surface area contributed by atoms with Gasteiger partial charge in [0.05, 0.1) is 19.3 Å². The Hall–Kier alpha value is -1.38. The highest BCUT2D eigenvalue weighted by molar-refractivity contribution is 5.39. The SMILES string of the molecule is COc1ccc(O)c(CN2CCN(C[C@H](C)O)CCN(C[C@H](C)O)CC2)c1. The van der Waals surface area contributed by atoms with Gasteiger partial charge in [-0.25, -0.2) is 0 Å². The van der Waals surface area contributed by atoms with Gasteiger partial charge in [-0.05, 0) is 32.0 Å². The molecule has 0 spiro atoms. The zero-order valence-electron chi connectivity index (χ0n) is 16.8. The van der Waals surface area contributed by atoms with Crippen LogP contribution in [-0.2, 0) is 6.54 Å². The zero-order chi connectivity index (χ0) is 19.8. The van der Waals surface area contributed by atoms with Gasteiger partial charge in [-0.3, -0.25) is 14.7 Å². The van der Waals surface area contributed by atoms with Crippen LogP contribution in [0.5, 0.6) is 11.5 Å². The Morgan fingerprint density at radius 1 is 0.889 bits per heavy atom. The van der Waals surface area contributed by atoms with Crippen molar-refractivity contribution < 1.29 is 20.1 Å². The topological polar surface area (TPSA) is 79.6 Å². The fourth-order valence-corrected chi connectivity index (χ4v) is 3.51. The highest BCUT2D eigenvalue weighted by Crippen LogP contribution is 2.24. The van der Waals surface area contributed by atoms with E-state index in [4.69, 9.17) is 4.74 Å². The molecule has 2 rings (SSSR count). The molecule has 7 nitrogen and oxygen atoms in total. The number of rotatable bonds is 7. The summed E-state index contributed by atoms with van der Waals surface area (Å²) >= 11 is 0. The number of benzene rings is 1. The van der Waals surface area contributed by atoms with Crippen LogP contribution in [0.2, 0.25) is 0 Å². The summed E-state index contributed by atoms with van der Waals surface area (Å²) < 4.78 is 5.28. The van der Waals surface area contributed by atoms with E-state index in [0.29, 0.717) is 19.6 Å². The summed E-state index contributed by atoms with van der Waals surface area (Å²) in [5.41, 5.74) is 0.845. The first-order chi connectivity index (χ1) is 12.9. The Labute approximate surface area is 162 Å². The minimum Gasteiger partial charge on any atom is -0.508 e. The summed E-state index contributed by atoms with van der Waals surface area (Å²) in [6.45, 7) is 10.7. The van der Waals surface area contributed by atoms with Crippen LogP contribution in [0.15, 0.2) is 18.2 Å². The minimum absolute atomic E-state index is 0.275. The monoisotopic (exact) mass is 381 g/mol. The van der Waals surface area contributed by atoms with E-state index in [1.54, 1.807) is 19.2 Å². The molecular weight excluding hydrogens is 346 g/mol. The van der Waals surface area contributed by atoms with Gasteiger partial charge in [-0.15, -0.1) is 0 Å². The number of hydrogen-bond donors (Lipinski definition) is 3. The van der Waals surface area contributed by atoms with Gasteiger partial charge in [-0.2, -0.15) is 0 Å². The van der Waals surface area contributed by atoms with E-state index < -0.39 is 0 Å². The van der Waals surface area contributed by atoms with Crippen molar-refractivity contribution in [3.8, 4) is 11.5 Å². The quantitative estimate of drug-likeness (QED) is 0.638. The molecule has 1 aromatic rings. The van der Waals surface area contributed by atoms with Crippen molar-refractivity contribution in [1.82, 2.24) is 14.7 Å². The van der Waals surface area contributed by atoms with E-state index >= 15 is 0 Å². The Kier molecular flexibility index (Phi) is 8.79. The summed E-state index contributed by atoms with van der Waals surface area (Å²) in [5.74, 6) is 1.01. The molecule has 1 heterocycles. The Morgan fingerprint density at radius 2 is 1.37 bits per heavy atom. The highest BCUT2D eigenvalue weighted by atomic mass is 16.5. The van der Waals surface area contributed by atoms with E-state index in [9.17, 15) is 15.3 Å². The number of ether oxygens (including phenoxy) is 1. The molecule has 0 aliphatic carbocycles. The van der Waals surface area contributed by atoms with Crippen LogP contribution in [0, 0.1) is 0 Å². The summed E-state index contributed by atoms with van der Waals surface area (Å²) in [6.07, 6.45) is -0.737. The van der Waals surface area contributed by atoms with Crippen LogP contribution >= 0.6 is 0 Å². The summed E-state index contributed by atoms with van der Waals surface area (Å²) in [4.78, 5) is 6.84. The molecule has 1 aliphatic heterocycles. The number of β-amino-alcohol motifs (C(OH)–C–C–N with tert-alkyl or cyclic N) is 2. The van der Waals surface area contributed by atoms with Gasteiger partial charge in [0.2, 0.25) is 0 Å². The van der Waals surface area contributed by atoms with Crippen LogP contribution < -0.4 is 4.74 Å². The first kappa shape index (κ1) is 21.9. The fraction of sp³-hybridized carbons (Fsp3) is 0.700. The van der Waals surface area contributed by atoms with Gasteiger partial charge in [0, 0.05) is 64.5 Å². The molecule has 0 radical (unpaired) electrons. The second-order valence-electron chi connectivity index (χ2n) is 7.57. The number of aromatic hydroxyl groups is 1. The molecule has 3 N–H and O–H groups in total. The van der Waals surface area contributed by atoms with Crippen molar-refractivity contribution in [3.05, 3.63) is 23.8 Å². The number of phenols is 1. The Balaban J connectivity index is 2.09. The lowest BCUT2D eigenvalue weighted by Gasteiger charge is -2.27. The Bertz CT molecular complexity index is 546. The van der Waals surface area contributed by atoms with E-state index in [-0.39, 0.29) is 18.0 Å². The summed E-state index contributed by atoms with van der Waals surface area (Å²) in [5, 5.41) is 29.8. The third-order valence-electron chi connectivity index (χ3n) is 4.92. The van der Waals surface area contributed by atoms with E-state index in [1.165, 1.54) is 0 Å². The van der Waals surface area contributed by atoms with Crippen molar-refractivity contribution in [2.45, 2.75) is 32.6 Å². The predicted octanol–water partition coefficient (Wildman–Crippen LogP) is 0.582. The average Bonchev–Trinajstić information content (AvgIpc) is 2.69. The molecular formula is C20H35N3O4. The van der Waals surface area contributed by atoms with Crippen molar-refractivity contribution in [3.63, 3.8) is 0 Å². The zero-order valence-corrected chi connectivity index (χ0v) is 16.8. The van der Waals surface area contributed by atoms with Crippen LogP contribution in [0.25, 0.3) is 0 Å². The van der Waals surface area contributed by atoms with Gasteiger partial charge in [0.1, 0.15) is 11.5 Å². The van der Waals surface area contributed by atoms with Crippen LogP contribution in [-0.4, -0.2) is 102 Å². The van der Waals surface area contributed by atoms with Crippen LogP contribution in [0.3, 0.4) is 0 Å². The number of methoxy groups -OCH3 is 1. The molecule has 0 bridgehead atoms. The summed E-state index contributed by atoms with van der Waals surface area (Å²) in [6, 6.07) is 5.30. The molecule has 0 unspecified atom stereocenters. The lowest BCUT2D eigenvalue weighted by atomic mass is 10.1. The third kappa shape index (κ3) is 7.63. The maximum absolute atomic E-state index is 10.2. The number of nitrogens with zero attached hydrogens (tertiary/aromatic N) is 3. The largest absolute Gasteiger partial charge is 0.508 e. The molecule has 0 aromatic heterocycles. The maximum Gasteiger partial charge on any atom is 0.120 e. The molecule has 1 saturated heterocycles. The molecule has 27 heavy (non-hydrogen) atoms. The summed E-state index contributed by atoms with van der Waals surface area (Å²) in [7, 11) is 1.62. The van der Waals surface area contributed by atoms with Gasteiger partial charge in [-0.1, -0.05) is 0 Å². The lowest BCUT2D eigenvalue weighted by Crippen LogP contribution is -2.41. The smallest absolute Gasteiger partial charge is 0.120 e. The first-order valence-electron chi connectivity index (χ1n) is 9.76. The molecule has 1 fully saturated rings. The molecule has 1 aromatic carbocycles. The molecule has 1 aliphatic rings. The Morgan fingerprint density at radius 3 is 1.81 bits per heavy atom. The second-order valence-corrected chi connectivity index (χ2v) is 7.57. The van der Waals surface area contributed by atoms with Crippen molar-refractivity contribution in [1.29, 1.82) is 0 Å². The van der Waals surface area contributed by atoms with Crippen LogP contribution in [0.1, 0.15) is 19.4 Å². The minimum atomic E-state index is -0.369. The average molecular weight is 382 g/mol. The highest BCUT2D eigenvalue weighted by Gasteiger charge is 2.19. The van der Waals surface area contributed by atoms with E-state index in [0.717, 1.165) is 50.6 Å². The molecule has 7 heteroatoms. The van der Waals surface area contributed by atoms with Gasteiger partial charge in [0.25, 0.3) is 0 Å². The van der Waals surface area contributed by atoms with Crippen molar-refractivity contribution in [2.24, 2.45) is 0 Å². The number of aliphatic hydroxyl groups excluding tert-OH is 2. The third-order valence-corrected chi connectivity index (χ3v) is 4.92. The standard InChI is InChI=1S/C20H35N3O4/c1-16(24)13-21-6-7-22(14-17(2)25)9-11-23(10-8-21)15-18-12-19(27-3)4-5-20(18)26/h4-5,12,16-17,24-26H,6-11,13-15H2,1-3H3/t16-,17-/m0/s1. The second kappa shape index (κ2) is 10.8. The molecule has 154 valence electrons. The van der Waals surface area contributed by atoms with Crippen LogP contribution in [0.4, 0.5) is 0 Å². The lowest BCUT2D eigenvalue weighted by molar-refractivity contribution is 0.102. The predicted molar refractivity (Wildman–Crippen MR) is 106 cm³/mol. The molecule has 2 atom stereocenters. The van der Waals surface area contributed by atoms with Gasteiger partial charge in [0.15, 0.2) is 0 Å². The maximum atomic E-state index is 10.2. The number of phenolic OH excluding ortho intramolecular Hbond substituents is 1. The van der Waals surface area contributed by atoms with E-state index in [2.05, 4.69) is 14.7 Å². The first-order valence-corrected chi connectivity index (χ1v) is 9.76. The number of aliphatic hydroxyl groups is 2. The fourth-order valence-electron chi connectivity index (χ4n) is 3.51. The van der Waals surface area contributed by atoms with Crippen molar-refractivity contribution >= 4 is 0 Å². The van der Waals surface area contributed by atoms with Gasteiger partial charge >= 0.3 is 0 Å². The molecule has 0 saturated carbocycles. The molecule has 0 amide bonds. The number of hydrogen-bond acceptors (Lipinski definition) is 7. The van der Waals surface area contributed by atoms with Gasteiger partial charge < -0.3 is 20.1 Å².